The minimum Gasteiger partial charge on any atom is -0.398 e. The quantitative estimate of drug-likeness (QED) is 0.157. The second-order valence-corrected chi connectivity index (χ2v) is 10.7. The van der Waals surface area contributed by atoms with E-state index < -0.39 is 0 Å². The van der Waals surface area contributed by atoms with Crippen LogP contribution in [0.15, 0.2) is 146 Å². The van der Waals surface area contributed by atoms with Gasteiger partial charge in [0.25, 0.3) is 0 Å². The third-order valence-corrected chi connectivity index (χ3v) is 7.84. The van der Waals surface area contributed by atoms with Crippen LogP contribution in [0.25, 0.3) is 60.1 Å². The summed E-state index contributed by atoms with van der Waals surface area (Å²) in [5.41, 5.74) is 20.7. The van der Waals surface area contributed by atoms with Gasteiger partial charge in [0.15, 0.2) is 0 Å². The van der Waals surface area contributed by atoms with E-state index in [9.17, 15) is 0 Å². The van der Waals surface area contributed by atoms with Gasteiger partial charge in [-0.15, -0.1) is 6.58 Å². The Morgan fingerprint density at radius 1 is 0.791 bits per heavy atom. The average molecular weight is 562 g/mol. The van der Waals surface area contributed by atoms with Gasteiger partial charge in [-0.25, -0.2) is 0 Å². The molecule has 43 heavy (non-hydrogen) atoms. The lowest BCUT2D eigenvalue weighted by molar-refractivity contribution is 1.02. The predicted molar refractivity (Wildman–Crippen MR) is 190 cm³/mol. The highest BCUT2D eigenvalue weighted by molar-refractivity contribution is 6.18. The summed E-state index contributed by atoms with van der Waals surface area (Å²) in [6.07, 6.45) is 9.44. The van der Waals surface area contributed by atoms with Crippen molar-refractivity contribution in [2.24, 2.45) is 18.5 Å². The van der Waals surface area contributed by atoms with Gasteiger partial charge in [-0.05, 0) is 88.2 Å². The van der Waals surface area contributed by atoms with Gasteiger partial charge >= 0.3 is 0 Å². The molecule has 6 aromatic rings. The molecule has 0 fully saturated rings. The Morgan fingerprint density at radius 2 is 1.44 bits per heavy atom. The second kappa shape index (κ2) is 12.8. The lowest BCUT2D eigenvalue weighted by atomic mass is 9.97. The Kier molecular flexibility index (Phi) is 8.75. The number of hydrogen-bond acceptors (Lipinski definition) is 2. The molecule has 0 atom stereocenters. The first-order valence-electron chi connectivity index (χ1n) is 14.6. The van der Waals surface area contributed by atoms with Gasteiger partial charge in [-0.1, -0.05) is 97.6 Å². The van der Waals surface area contributed by atoms with E-state index in [1.54, 1.807) is 6.08 Å². The molecule has 1 heterocycles. The van der Waals surface area contributed by atoms with E-state index in [2.05, 4.69) is 116 Å². The Hall–Kier alpha value is -5.12. The van der Waals surface area contributed by atoms with Crippen LogP contribution in [0.4, 0.5) is 0 Å². The van der Waals surface area contributed by atoms with E-state index in [4.69, 9.17) is 11.5 Å². The molecule has 0 aliphatic carbocycles. The number of rotatable bonds is 6. The number of allylic oxidation sites excluding steroid dienone is 5. The monoisotopic (exact) mass is 561 g/mol. The van der Waals surface area contributed by atoms with Gasteiger partial charge in [-0.3, -0.25) is 0 Å². The fraction of sp³-hybridized carbons (Fsp3) is 0.100. The highest BCUT2D eigenvalue weighted by Crippen LogP contribution is 2.37. The van der Waals surface area contributed by atoms with E-state index in [-0.39, 0.29) is 0 Å². The summed E-state index contributed by atoms with van der Waals surface area (Å²) >= 11 is 0. The third kappa shape index (κ3) is 5.81. The van der Waals surface area contributed by atoms with E-state index in [0.29, 0.717) is 12.2 Å². The van der Waals surface area contributed by atoms with Gasteiger partial charge < -0.3 is 16.0 Å². The molecule has 1 aromatic heterocycles. The molecule has 0 aliphatic heterocycles. The molecule has 0 saturated carbocycles. The molecule has 214 valence electrons. The molecule has 5 aromatic carbocycles. The number of aromatic nitrogens is 1. The fourth-order valence-corrected chi connectivity index (χ4v) is 5.66. The van der Waals surface area contributed by atoms with Crippen molar-refractivity contribution >= 4 is 48.9 Å². The summed E-state index contributed by atoms with van der Waals surface area (Å²) in [6, 6.07) is 33.0. The summed E-state index contributed by atoms with van der Waals surface area (Å²) in [4.78, 5) is 0. The molecule has 0 radical (unpaired) electrons. The molecule has 0 unspecified atom stereocenters. The number of hydrogen-bond donors (Lipinski definition) is 2. The Labute approximate surface area is 254 Å². The van der Waals surface area contributed by atoms with Crippen LogP contribution in [-0.4, -0.2) is 11.1 Å². The van der Waals surface area contributed by atoms with Crippen LogP contribution in [0.1, 0.15) is 19.4 Å². The molecular weight excluding hydrogens is 522 g/mol. The average Bonchev–Trinajstić information content (AvgIpc) is 3.33. The molecule has 3 nitrogen and oxygen atoms in total. The Morgan fingerprint density at radius 3 is 2.19 bits per heavy atom. The SMILES string of the molecule is C=C(/C=C(\CN)c1ccc2c(ccc3c4ccc(-c5ccc6ccccc6c5)cc4n(C)c23)c1)/C(N)=C/C=C\C.C=CC. The van der Waals surface area contributed by atoms with Crippen LogP contribution >= 0.6 is 0 Å². The molecule has 4 N–H and O–H groups in total. The maximum atomic E-state index is 6.18. The molecule has 6 rings (SSSR count). The van der Waals surface area contributed by atoms with Crippen molar-refractivity contribution in [2.45, 2.75) is 13.8 Å². The van der Waals surface area contributed by atoms with Gasteiger partial charge in [0.1, 0.15) is 0 Å². The zero-order valence-electron chi connectivity index (χ0n) is 25.3. The molecule has 0 aliphatic rings. The molecule has 3 heteroatoms. The Balaban J connectivity index is 0.00000118. The summed E-state index contributed by atoms with van der Waals surface area (Å²) < 4.78 is 2.32. The zero-order valence-corrected chi connectivity index (χ0v) is 25.3. The van der Waals surface area contributed by atoms with Gasteiger partial charge in [-0.2, -0.15) is 0 Å². The predicted octanol–water partition coefficient (Wildman–Crippen LogP) is 9.81. The van der Waals surface area contributed by atoms with Crippen molar-refractivity contribution < 1.29 is 0 Å². The Bertz CT molecular complexity index is 2080. The third-order valence-electron chi connectivity index (χ3n) is 7.84. The van der Waals surface area contributed by atoms with Crippen LogP contribution in [0.2, 0.25) is 0 Å². The largest absolute Gasteiger partial charge is 0.398 e. The first-order chi connectivity index (χ1) is 20.9. The smallest absolute Gasteiger partial charge is 0.0568 e. The van der Waals surface area contributed by atoms with E-state index in [0.717, 1.165) is 16.7 Å². The molecule has 0 spiro atoms. The number of benzene rings is 5. The van der Waals surface area contributed by atoms with Gasteiger partial charge in [0.05, 0.1) is 5.52 Å². The van der Waals surface area contributed by atoms with Crippen LogP contribution in [0, 0.1) is 0 Å². The van der Waals surface area contributed by atoms with Crippen LogP contribution < -0.4 is 11.5 Å². The lowest BCUT2D eigenvalue weighted by Crippen LogP contribution is -2.05. The van der Waals surface area contributed by atoms with Crippen LogP contribution in [0.5, 0.6) is 0 Å². The topological polar surface area (TPSA) is 57.0 Å². The zero-order chi connectivity index (χ0) is 30.5. The van der Waals surface area contributed by atoms with Gasteiger partial charge in [0.2, 0.25) is 0 Å². The van der Waals surface area contributed by atoms with Crippen molar-refractivity contribution in [1.82, 2.24) is 4.57 Å². The first kappa shape index (κ1) is 29.4. The summed E-state index contributed by atoms with van der Waals surface area (Å²) in [5, 5.41) is 7.42. The summed E-state index contributed by atoms with van der Waals surface area (Å²) in [5.74, 6) is 0. The highest BCUT2D eigenvalue weighted by atomic mass is 14.9. The van der Waals surface area contributed by atoms with E-state index >= 15 is 0 Å². The maximum absolute atomic E-state index is 6.18. The normalized spacial score (nSPS) is 12.3. The van der Waals surface area contributed by atoms with Crippen LogP contribution in [0.3, 0.4) is 0 Å². The van der Waals surface area contributed by atoms with Crippen molar-refractivity contribution in [3.63, 3.8) is 0 Å². The summed E-state index contributed by atoms with van der Waals surface area (Å²) in [6.45, 7) is 11.7. The molecule has 0 saturated heterocycles. The van der Waals surface area contributed by atoms with Gasteiger partial charge in [0, 0.05) is 41.0 Å². The maximum Gasteiger partial charge on any atom is 0.0568 e. The van der Waals surface area contributed by atoms with Crippen molar-refractivity contribution in [1.29, 1.82) is 0 Å². The summed E-state index contributed by atoms with van der Waals surface area (Å²) in [7, 11) is 2.16. The fourth-order valence-electron chi connectivity index (χ4n) is 5.66. The van der Waals surface area contributed by atoms with E-state index in [1.807, 2.05) is 38.2 Å². The molecule has 0 amide bonds. The standard InChI is InChI=1S/C37H33N3.C3H6/c1-4-5-10-35(39)24(2)19-31(23-38)28-13-16-32-30(21-28)15-18-34-33-17-14-29(22-36(33)40(3)37(32)34)27-12-11-25-8-6-7-9-26(25)20-27;1-3-2/h4-22H,2,23,38-39H2,1,3H3;3H,1H2,2H3/b5-4-,31-19+,35-10-;. The molecule has 0 bridgehead atoms. The number of nitrogens with zero attached hydrogens (tertiary/aromatic N) is 1. The van der Waals surface area contributed by atoms with Crippen molar-refractivity contribution in [3.05, 3.63) is 151 Å². The number of nitrogens with two attached hydrogens (primary N) is 2. The van der Waals surface area contributed by atoms with Crippen molar-refractivity contribution in [3.8, 4) is 11.1 Å². The second-order valence-electron chi connectivity index (χ2n) is 10.7. The lowest BCUT2D eigenvalue weighted by Gasteiger charge is -2.10. The van der Waals surface area contributed by atoms with Crippen LogP contribution in [-0.2, 0) is 7.05 Å². The van der Waals surface area contributed by atoms with Crippen molar-refractivity contribution in [2.75, 3.05) is 6.54 Å². The van der Waals surface area contributed by atoms with E-state index in [1.165, 1.54) is 54.5 Å². The minimum absolute atomic E-state index is 0.398. The minimum atomic E-state index is 0.398. The number of aryl methyl sites for hydroxylation is 1. The molecular formula is C40H39N3. The first-order valence-corrected chi connectivity index (χ1v) is 14.6. The highest BCUT2D eigenvalue weighted by Gasteiger charge is 2.14. The number of fused-ring (bicyclic) bond motifs is 6.